The maximum atomic E-state index is 12.4. The fourth-order valence-electron chi connectivity index (χ4n) is 2.72. The fourth-order valence-corrected chi connectivity index (χ4v) is 2.85. The van der Waals surface area contributed by atoms with Gasteiger partial charge in [0.15, 0.2) is 0 Å². The van der Waals surface area contributed by atoms with E-state index < -0.39 is 0 Å². The molecule has 1 aliphatic heterocycles. The molecular formula is C18H17ClN2O2. The van der Waals surface area contributed by atoms with Crippen LogP contribution in [0.15, 0.2) is 48.5 Å². The standard InChI is InChI=1S/C18H17ClN2O2/c1-12-3-2-4-15(9-12)20-18(23)13-10-17(22)21(11-13)16-7-5-14(19)6-8-16/h2-9,13H,10-11H2,1H3,(H,20,23)/t13-/m0/s1. The fraction of sp³-hybridized carbons (Fsp3) is 0.222. The lowest BCUT2D eigenvalue weighted by molar-refractivity contribution is -0.122. The van der Waals surface area contributed by atoms with Crippen molar-refractivity contribution >= 4 is 34.8 Å². The van der Waals surface area contributed by atoms with Crippen LogP contribution in [0, 0.1) is 12.8 Å². The summed E-state index contributed by atoms with van der Waals surface area (Å²) in [4.78, 5) is 26.2. The molecule has 3 rings (SSSR count). The Bertz CT molecular complexity index is 743. The first-order chi connectivity index (χ1) is 11.0. The average molecular weight is 329 g/mol. The summed E-state index contributed by atoms with van der Waals surface area (Å²) in [6.07, 6.45) is 0.222. The summed E-state index contributed by atoms with van der Waals surface area (Å²) in [5.41, 5.74) is 2.60. The van der Waals surface area contributed by atoms with E-state index in [9.17, 15) is 9.59 Å². The van der Waals surface area contributed by atoms with Crippen molar-refractivity contribution in [2.75, 3.05) is 16.8 Å². The second-order valence-corrected chi connectivity index (χ2v) is 6.18. The molecule has 0 radical (unpaired) electrons. The van der Waals surface area contributed by atoms with E-state index in [2.05, 4.69) is 5.32 Å². The molecule has 2 amide bonds. The Morgan fingerprint density at radius 3 is 2.65 bits per heavy atom. The number of hydrogen-bond acceptors (Lipinski definition) is 2. The predicted octanol–water partition coefficient (Wildman–Crippen LogP) is 3.64. The molecule has 0 aromatic heterocycles. The van der Waals surface area contributed by atoms with Gasteiger partial charge in [-0.1, -0.05) is 23.7 Å². The molecule has 1 aliphatic rings. The van der Waals surface area contributed by atoms with Crippen LogP contribution in [0.25, 0.3) is 0 Å². The predicted molar refractivity (Wildman–Crippen MR) is 91.7 cm³/mol. The van der Waals surface area contributed by atoms with Crippen LogP contribution in [0.3, 0.4) is 0 Å². The number of rotatable bonds is 3. The van der Waals surface area contributed by atoms with Crippen LogP contribution in [0.2, 0.25) is 5.02 Å². The SMILES string of the molecule is Cc1cccc(NC(=O)[C@H]2CC(=O)N(c3ccc(Cl)cc3)C2)c1. The lowest BCUT2D eigenvalue weighted by atomic mass is 10.1. The molecule has 0 spiro atoms. The molecule has 1 atom stereocenters. The van der Waals surface area contributed by atoms with Crippen LogP contribution in [0.1, 0.15) is 12.0 Å². The van der Waals surface area contributed by atoms with E-state index in [1.807, 2.05) is 31.2 Å². The first-order valence-electron chi connectivity index (χ1n) is 7.46. The Labute approximate surface area is 140 Å². The molecule has 118 valence electrons. The van der Waals surface area contributed by atoms with E-state index in [1.54, 1.807) is 29.2 Å². The van der Waals surface area contributed by atoms with Crippen LogP contribution in [0.4, 0.5) is 11.4 Å². The van der Waals surface area contributed by atoms with Gasteiger partial charge in [-0.3, -0.25) is 9.59 Å². The summed E-state index contributed by atoms with van der Waals surface area (Å²) >= 11 is 5.87. The van der Waals surface area contributed by atoms with E-state index >= 15 is 0 Å². The zero-order valence-corrected chi connectivity index (χ0v) is 13.5. The van der Waals surface area contributed by atoms with Crippen LogP contribution >= 0.6 is 11.6 Å². The zero-order valence-electron chi connectivity index (χ0n) is 12.8. The van der Waals surface area contributed by atoms with Crippen LogP contribution in [-0.4, -0.2) is 18.4 Å². The van der Waals surface area contributed by atoms with Crippen molar-refractivity contribution < 1.29 is 9.59 Å². The molecule has 1 saturated heterocycles. The summed E-state index contributed by atoms with van der Waals surface area (Å²) < 4.78 is 0. The Balaban J connectivity index is 1.69. The Morgan fingerprint density at radius 2 is 1.96 bits per heavy atom. The molecule has 2 aromatic rings. The van der Waals surface area contributed by atoms with Gasteiger partial charge in [0, 0.05) is 29.4 Å². The molecule has 5 heteroatoms. The summed E-state index contributed by atoms with van der Waals surface area (Å²) in [6, 6.07) is 14.7. The first-order valence-corrected chi connectivity index (χ1v) is 7.84. The summed E-state index contributed by atoms with van der Waals surface area (Å²) in [5, 5.41) is 3.51. The largest absolute Gasteiger partial charge is 0.326 e. The number of hydrogen-bond donors (Lipinski definition) is 1. The van der Waals surface area contributed by atoms with Gasteiger partial charge in [0.25, 0.3) is 0 Å². The average Bonchev–Trinajstić information content (AvgIpc) is 2.90. The molecule has 0 saturated carbocycles. The summed E-state index contributed by atoms with van der Waals surface area (Å²) in [5.74, 6) is -0.518. The number of amides is 2. The van der Waals surface area contributed by atoms with E-state index in [0.717, 1.165) is 16.9 Å². The topological polar surface area (TPSA) is 49.4 Å². The Kier molecular flexibility index (Phi) is 4.35. The molecule has 0 aliphatic carbocycles. The summed E-state index contributed by atoms with van der Waals surface area (Å²) in [7, 11) is 0. The lowest BCUT2D eigenvalue weighted by Crippen LogP contribution is -2.28. The van der Waals surface area contributed by atoms with Gasteiger partial charge in [0.05, 0.1) is 5.92 Å². The van der Waals surface area contributed by atoms with Gasteiger partial charge in [0.1, 0.15) is 0 Å². The minimum Gasteiger partial charge on any atom is -0.326 e. The number of anilines is 2. The number of aryl methyl sites for hydroxylation is 1. The van der Waals surface area contributed by atoms with Crippen LogP contribution < -0.4 is 10.2 Å². The number of nitrogens with one attached hydrogen (secondary N) is 1. The van der Waals surface area contributed by atoms with Crippen molar-refractivity contribution in [2.45, 2.75) is 13.3 Å². The number of carbonyl (C=O) groups excluding carboxylic acids is 2. The van der Waals surface area contributed by atoms with Crippen molar-refractivity contribution in [3.8, 4) is 0 Å². The third-order valence-corrected chi connectivity index (χ3v) is 4.17. The molecular weight excluding hydrogens is 312 g/mol. The van der Waals surface area contributed by atoms with E-state index in [4.69, 9.17) is 11.6 Å². The van der Waals surface area contributed by atoms with Crippen molar-refractivity contribution in [3.05, 3.63) is 59.1 Å². The number of halogens is 1. The minimum absolute atomic E-state index is 0.0447. The highest BCUT2D eigenvalue weighted by Crippen LogP contribution is 2.27. The monoisotopic (exact) mass is 328 g/mol. The third-order valence-electron chi connectivity index (χ3n) is 3.92. The van der Waals surface area contributed by atoms with Gasteiger partial charge in [-0.05, 0) is 48.9 Å². The van der Waals surface area contributed by atoms with Gasteiger partial charge in [0.2, 0.25) is 11.8 Å². The highest BCUT2D eigenvalue weighted by atomic mass is 35.5. The molecule has 1 fully saturated rings. The normalized spacial score (nSPS) is 17.4. The van der Waals surface area contributed by atoms with Crippen molar-refractivity contribution in [3.63, 3.8) is 0 Å². The highest BCUT2D eigenvalue weighted by Gasteiger charge is 2.35. The Morgan fingerprint density at radius 1 is 1.22 bits per heavy atom. The number of benzene rings is 2. The zero-order chi connectivity index (χ0) is 16.4. The van der Waals surface area contributed by atoms with Gasteiger partial charge < -0.3 is 10.2 Å². The van der Waals surface area contributed by atoms with Crippen LogP contribution in [-0.2, 0) is 9.59 Å². The molecule has 23 heavy (non-hydrogen) atoms. The van der Waals surface area contributed by atoms with Crippen molar-refractivity contribution in [2.24, 2.45) is 5.92 Å². The quantitative estimate of drug-likeness (QED) is 0.935. The van der Waals surface area contributed by atoms with Crippen molar-refractivity contribution in [1.29, 1.82) is 0 Å². The third kappa shape index (κ3) is 3.54. The van der Waals surface area contributed by atoms with E-state index in [0.29, 0.717) is 11.6 Å². The summed E-state index contributed by atoms with van der Waals surface area (Å²) in [6.45, 7) is 2.36. The Hall–Kier alpha value is -2.33. The maximum Gasteiger partial charge on any atom is 0.229 e. The van der Waals surface area contributed by atoms with E-state index in [1.165, 1.54) is 0 Å². The van der Waals surface area contributed by atoms with Crippen LogP contribution in [0.5, 0.6) is 0 Å². The number of nitrogens with zero attached hydrogens (tertiary/aromatic N) is 1. The van der Waals surface area contributed by atoms with Gasteiger partial charge >= 0.3 is 0 Å². The molecule has 2 aromatic carbocycles. The molecule has 0 unspecified atom stereocenters. The first kappa shape index (κ1) is 15.6. The molecule has 4 nitrogen and oxygen atoms in total. The second-order valence-electron chi connectivity index (χ2n) is 5.74. The second kappa shape index (κ2) is 6.42. The smallest absolute Gasteiger partial charge is 0.229 e. The maximum absolute atomic E-state index is 12.4. The van der Waals surface area contributed by atoms with Gasteiger partial charge in [-0.2, -0.15) is 0 Å². The minimum atomic E-state index is -0.348. The number of carbonyl (C=O) groups is 2. The molecule has 1 heterocycles. The van der Waals surface area contributed by atoms with Crippen molar-refractivity contribution in [1.82, 2.24) is 0 Å². The van der Waals surface area contributed by atoms with Gasteiger partial charge in [-0.25, -0.2) is 0 Å². The van der Waals surface area contributed by atoms with E-state index in [-0.39, 0.29) is 24.2 Å². The molecule has 0 bridgehead atoms. The molecule has 1 N–H and O–H groups in total. The lowest BCUT2D eigenvalue weighted by Gasteiger charge is -2.16. The van der Waals surface area contributed by atoms with Gasteiger partial charge in [-0.15, -0.1) is 0 Å². The highest BCUT2D eigenvalue weighted by molar-refractivity contribution is 6.30.